The van der Waals surface area contributed by atoms with E-state index in [0.717, 1.165) is 64.2 Å². The standard InChI is InChI=1S/C65H111NO13/c1-3-5-7-9-11-13-15-17-19-21-23-25-26-27-29-30-32-34-36-38-40-42-44-46-48-54(69)53(52-76-64-62(75)60(73)63(56(51-68)78-64)79-65-61(74)59(72)58(71)55(50-67)77-65)66-57(70)49-47-45-43-41-39-37-35-33-31-28-24-22-20-18-16-14-12-10-8-6-4-2/h6,8,12,14,18,20,24,28,33,35,38-41,46,48,53-56,58-65,67-69,71-75H,3-5,7,9-11,13,15-17,19,21-23,25-27,29-32,34,36-37,42-45,47,49-52H2,1-2H3,(H,66,70)/b8-6-,14-12-,20-18-,28-24-,35-33-,40-38+,41-39-,48-46+. The Morgan fingerprint density at radius 1 is 0.468 bits per heavy atom. The Balaban J connectivity index is 1.80. The molecule has 2 saturated heterocycles. The van der Waals surface area contributed by atoms with Gasteiger partial charge in [-0.15, -0.1) is 0 Å². The van der Waals surface area contributed by atoms with Gasteiger partial charge < -0.3 is 65.1 Å². The fourth-order valence-corrected chi connectivity index (χ4v) is 9.55. The van der Waals surface area contributed by atoms with Gasteiger partial charge in [0.25, 0.3) is 0 Å². The number of allylic oxidation sites excluding steroid dienone is 15. The van der Waals surface area contributed by atoms with E-state index in [1.54, 1.807) is 6.08 Å². The van der Waals surface area contributed by atoms with Crippen LogP contribution in [0.1, 0.15) is 213 Å². The molecule has 12 unspecified atom stereocenters. The lowest BCUT2D eigenvalue weighted by molar-refractivity contribution is -0.359. The lowest BCUT2D eigenvalue weighted by Gasteiger charge is -2.46. The molecule has 0 aromatic heterocycles. The molecule has 0 spiro atoms. The molecule has 1 amide bonds. The molecule has 9 N–H and O–H groups in total. The second-order valence-electron chi connectivity index (χ2n) is 21.4. The topological polar surface area (TPSA) is 228 Å². The molecule has 0 aliphatic carbocycles. The van der Waals surface area contributed by atoms with E-state index >= 15 is 0 Å². The minimum absolute atomic E-state index is 0.213. The molecule has 2 aliphatic rings. The normalized spacial score (nSPS) is 25.1. The summed E-state index contributed by atoms with van der Waals surface area (Å²) in [6, 6.07) is -0.962. The number of carbonyl (C=O) groups is 1. The van der Waals surface area contributed by atoms with Crippen molar-refractivity contribution >= 4 is 5.91 Å². The van der Waals surface area contributed by atoms with Gasteiger partial charge in [0.05, 0.1) is 32.0 Å². The van der Waals surface area contributed by atoms with Gasteiger partial charge in [-0.05, 0) is 83.5 Å². The highest BCUT2D eigenvalue weighted by Gasteiger charge is 2.51. The van der Waals surface area contributed by atoms with E-state index in [1.807, 2.05) is 6.08 Å². The molecule has 0 aromatic rings. The number of unbranched alkanes of at least 4 members (excludes halogenated alkanes) is 21. The summed E-state index contributed by atoms with van der Waals surface area (Å²) in [5.74, 6) is -0.294. The quantitative estimate of drug-likeness (QED) is 0.0204. The minimum atomic E-state index is -1.80. The third-order valence-electron chi connectivity index (χ3n) is 14.5. The van der Waals surface area contributed by atoms with Crippen LogP contribution in [0.5, 0.6) is 0 Å². The summed E-state index contributed by atoms with van der Waals surface area (Å²) in [6.07, 6.45) is 51.7. The molecule has 12 atom stereocenters. The molecule has 0 aromatic carbocycles. The van der Waals surface area contributed by atoms with Crippen molar-refractivity contribution in [3.63, 3.8) is 0 Å². The number of ether oxygens (including phenoxy) is 4. The Hall–Kier alpha value is -3.09. The smallest absolute Gasteiger partial charge is 0.220 e. The van der Waals surface area contributed by atoms with Crippen molar-refractivity contribution in [2.24, 2.45) is 0 Å². The number of nitrogens with one attached hydrogen (secondary N) is 1. The maximum absolute atomic E-state index is 13.3. The van der Waals surface area contributed by atoms with E-state index in [4.69, 9.17) is 18.9 Å². The average molecular weight is 1110 g/mol. The van der Waals surface area contributed by atoms with Crippen molar-refractivity contribution in [2.75, 3.05) is 19.8 Å². The molecule has 14 heteroatoms. The zero-order valence-electron chi connectivity index (χ0n) is 48.8. The van der Waals surface area contributed by atoms with E-state index in [1.165, 1.54) is 116 Å². The molecule has 79 heavy (non-hydrogen) atoms. The summed E-state index contributed by atoms with van der Waals surface area (Å²) in [4.78, 5) is 13.3. The van der Waals surface area contributed by atoms with Gasteiger partial charge in [0.2, 0.25) is 5.91 Å². The van der Waals surface area contributed by atoms with Crippen LogP contribution in [0.2, 0.25) is 0 Å². The van der Waals surface area contributed by atoms with E-state index in [0.29, 0.717) is 12.8 Å². The molecular weight excluding hydrogens is 1000 g/mol. The minimum Gasteiger partial charge on any atom is -0.394 e. The summed E-state index contributed by atoms with van der Waals surface area (Å²) in [5, 5.41) is 87.1. The van der Waals surface area contributed by atoms with Crippen molar-refractivity contribution in [3.05, 3.63) is 97.2 Å². The third kappa shape index (κ3) is 34.8. The van der Waals surface area contributed by atoms with Gasteiger partial charge in [0.15, 0.2) is 12.6 Å². The van der Waals surface area contributed by atoms with Gasteiger partial charge in [-0.3, -0.25) is 4.79 Å². The number of aliphatic hydroxyl groups is 8. The highest BCUT2D eigenvalue weighted by atomic mass is 16.7. The van der Waals surface area contributed by atoms with Crippen molar-refractivity contribution < 1.29 is 64.6 Å². The maximum Gasteiger partial charge on any atom is 0.220 e. The number of rotatable bonds is 48. The van der Waals surface area contributed by atoms with Crippen molar-refractivity contribution in [3.8, 4) is 0 Å². The van der Waals surface area contributed by atoms with Gasteiger partial charge in [0.1, 0.15) is 48.8 Å². The lowest BCUT2D eigenvalue weighted by Crippen LogP contribution is -2.65. The number of aliphatic hydroxyl groups excluding tert-OH is 8. The van der Waals surface area contributed by atoms with E-state index in [-0.39, 0.29) is 18.9 Å². The van der Waals surface area contributed by atoms with Gasteiger partial charge in [-0.1, -0.05) is 220 Å². The summed E-state index contributed by atoms with van der Waals surface area (Å²) < 4.78 is 22.7. The Morgan fingerprint density at radius 2 is 0.886 bits per heavy atom. The first-order valence-electron chi connectivity index (χ1n) is 31.0. The van der Waals surface area contributed by atoms with Crippen LogP contribution < -0.4 is 5.32 Å². The number of hydrogen-bond donors (Lipinski definition) is 9. The Bertz CT molecular complexity index is 1690. The summed E-state index contributed by atoms with van der Waals surface area (Å²) in [6.45, 7) is 2.64. The SMILES string of the molecule is CC/C=C\C/C=C\C/C=C\C/C=C\C/C=C\C/C=C\CCCCC(=O)NC(COC1OC(CO)C(OC2OC(CO)C(O)C(O)C2O)C(O)C1O)C(O)/C=C/CC/C=C/CCCCCCCCCCCCCCCCCCCC. The monoisotopic (exact) mass is 1110 g/mol. The number of hydrogen-bond acceptors (Lipinski definition) is 13. The predicted octanol–water partition coefficient (Wildman–Crippen LogP) is 11.1. The molecule has 454 valence electrons. The summed E-state index contributed by atoms with van der Waals surface area (Å²) >= 11 is 0. The number of carbonyl (C=O) groups excluding carboxylic acids is 1. The third-order valence-corrected chi connectivity index (χ3v) is 14.5. The zero-order chi connectivity index (χ0) is 57.4. The Kier molecular flexibility index (Phi) is 45.1. The van der Waals surface area contributed by atoms with Crippen LogP contribution in [0, 0.1) is 0 Å². The molecule has 2 rings (SSSR count). The van der Waals surface area contributed by atoms with Crippen LogP contribution in [0.15, 0.2) is 97.2 Å². The second kappa shape index (κ2) is 49.5. The van der Waals surface area contributed by atoms with Gasteiger partial charge in [-0.25, -0.2) is 0 Å². The zero-order valence-corrected chi connectivity index (χ0v) is 48.8. The molecule has 2 aliphatic heterocycles. The summed E-state index contributed by atoms with van der Waals surface area (Å²) in [5.41, 5.74) is 0. The molecule has 2 fully saturated rings. The Morgan fingerprint density at radius 3 is 1.39 bits per heavy atom. The first-order chi connectivity index (χ1) is 38.6. The highest BCUT2D eigenvalue weighted by molar-refractivity contribution is 5.76. The van der Waals surface area contributed by atoms with Crippen LogP contribution in [-0.2, 0) is 23.7 Å². The largest absolute Gasteiger partial charge is 0.394 e. The van der Waals surface area contributed by atoms with Gasteiger partial charge >= 0.3 is 0 Å². The highest BCUT2D eigenvalue weighted by Crippen LogP contribution is 2.30. The first-order valence-corrected chi connectivity index (χ1v) is 31.0. The molecule has 2 heterocycles. The van der Waals surface area contributed by atoms with Crippen molar-refractivity contribution in [2.45, 2.75) is 286 Å². The molecule has 0 bridgehead atoms. The van der Waals surface area contributed by atoms with Gasteiger partial charge in [-0.2, -0.15) is 0 Å². The molecule has 0 radical (unpaired) electrons. The summed E-state index contributed by atoms with van der Waals surface area (Å²) in [7, 11) is 0. The fraction of sp³-hybridized carbons (Fsp3) is 0.738. The van der Waals surface area contributed by atoms with Crippen LogP contribution >= 0.6 is 0 Å². The average Bonchev–Trinajstić information content (AvgIpc) is 3.47. The molecular formula is C65H111NO13. The van der Waals surface area contributed by atoms with Crippen LogP contribution in [0.3, 0.4) is 0 Å². The van der Waals surface area contributed by atoms with Crippen LogP contribution in [0.25, 0.3) is 0 Å². The van der Waals surface area contributed by atoms with Crippen molar-refractivity contribution in [1.29, 1.82) is 0 Å². The maximum atomic E-state index is 13.3. The van der Waals surface area contributed by atoms with E-state index < -0.39 is 86.8 Å². The lowest BCUT2D eigenvalue weighted by atomic mass is 9.97. The number of amides is 1. The fourth-order valence-electron chi connectivity index (χ4n) is 9.55. The van der Waals surface area contributed by atoms with Crippen LogP contribution in [0.4, 0.5) is 0 Å². The molecule has 14 nitrogen and oxygen atoms in total. The van der Waals surface area contributed by atoms with Crippen LogP contribution in [-0.4, -0.2) is 140 Å². The van der Waals surface area contributed by atoms with E-state index in [2.05, 4.69) is 104 Å². The predicted molar refractivity (Wildman–Crippen MR) is 318 cm³/mol. The van der Waals surface area contributed by atoms with Gasteiger partial charge in [0, 0.05) is 6.42 Å². The molecule has 0 saturated carbocycles. The van der Waals surface area contributed by atoms with Crippen molar-refractivity contribution in [1.82, 2.24) is 5.32 Å². The van der Waals surface area contributed by atoms with E-state index in [9.17, 15) is 45.6 Å². The second-order valence-corrected chi connectivity index (χ2v) is 21.4. The Labute approximate surface area is 477 Å². The first kappa shape index (κ1) is 72.0.